The summed E-state index contributed by atoms with van der Waals surface area (Å²) < 4.78 is 33.8. The van der Waals surface area contributed by atoms with E-state index >= 15 is 0 Å². The van der Waals surface area contributed by atoms with Crippen LogP contribution in [0.1, 0.15) is 12.5 Å². The van der Waals surface area contributed by atoms with Crippen molar-refractivity contribution >= 4 is 43.4 Å². The molecule has 0 radical (unpaired) electrons. The van der Waals surface area contributed by atoms with Crippen LogP contribution in [0.2, 0.25) is 0 Å². The summed E-state index contributed by atoms with van der Waals surface area (Å²) in [5.41, 5.74) is 1.51. The molecule has 30 heavy (non-hydrogen) atoms. The fourth-order valence-corrected chi connectivity index (χ4v) is 5.19. The number of amides is 2. The molecule has 0 atom stereocenters. The third-order valence-electron chi connectivity index (χ3n) is 4.72. The topological polar surface area (TPSA) is 66.9 Å². The van der Waals surface area contributed by atoms with Crippen LogP contribution in [0.4, 0.5) is 16.2 Å². The molecule has 0 spiro atoms. The number of carbonyl (C=O) groups excluding carboxylic acids is 1. The summed E-state index contributed by atoms with van der Waals surface area (Å²) in [4.78, 5) is 15.0. The first-order chi connectivity index (χ1) is 14.4. The number of hydrogen-bond donors (Lipinski definition) is 0. The molecule has 0 saturated heterocycles. The Morgan fingerprint density at radius 1 is 0.933 bits per heavy atom. The van der Waals surface area contributed by atoms with Crippen LogP contribution in [0, 0.1) is 0 Å². The van der Waals surface area contributed by atoms with Crippen molar-refractivity contribution in [2.45, 2.75) is 18.4 Å². The SMILES string of the molecule is CCOc1ccc(N2C(=O)N(Cc3ccc(Br)cc3)c3ccccc3S2(=O)=O)cc1. The largest absolute Gasteiger partial charge is 0.494 e. The number of halogens is 1. The number of ether oxygens (including phenoxy) is 1. The number of benzene rings is 3. The molecule has 3 aromatic rings. The molecule has 2 amide bonds. The molecule has 0 saturated carbocycles. The third-order valence-corrected chi connectivity index (χ3v) is 6.99. The summed E-state index contributed by atoms with van der Waals surface area (Å²) in [6.45, 7) is 2.60. The van der Waals surface area contributed by atoms with Crippen LogP contribution in [-0.2, 0) is 16.6 Å². The Bertz CT molecular complexity index is 1180. The van der Waals surface area contributed by atoms with Crippen molar-refractivity contribution < 1.29 is 17.9 Å². The van der Waals surface area contributed by atoms with Gasteiger partial charge in [0.25, 0.3) is 10.0 Å². The first kappa shape index (κ1) is 20.4. The van der Waals surface area contributed by atoms with Crippen molar-refractivity contribution in [1.29, 1.82) is 0 Å². The van der Waals surface area contributed by atoms with Crippen molar-refractivity contribution in [2.75, 3.05) is 15.8 Å². The minimum atomic E-state index is -4.05. The van der Waals surface area contributed by atoms with Gasteiger partial charge in [-0.15, -0.1) is 0 Å². The summed E-state index contributed by atoms with van der Waals surface area (Å²) in [6.07, 6.45) is 0. The van der Waals surface area contributed by atoms with E-state index in [0.717, 1.165) is 14.3 Å². The number of sulfonamides is 1. The van der Waals surface area contributed by atoms with Gasteiger partial charge in [-0.2, -0.15) is 4.31 Å². The highest BCUT2D eigenvalue weighted by atomic mass is 79.9. The quantitative estimate of drug-likeness (QED) is 0.497. The van der Waals surface area contributed by atoms with Gasteiger partial charge in [0.2, 0.25) is 0 Å². The Hall–Kier alpha value is -2.84. The average Bonchev–Trinajstić information content (AvgIpc) is 2.74. The van der Waals surface area contributed by atoms with Crippen molar-refractivity contribution in [2.24, 2.45) is 0 Å². The van der Waals surface area contributed by atoms with Gasteiger partial charge in [-0.05, 0) is 61.0 Å². The van der Waals surface area contributed by atoms with Crippen molar-refractivity contribution in [1.82, 2.24) is 0 Å². The summed E-state index contributed by atoms with van der Waals surface area (Å²) in [7, 11) is -4.05. The molecule has 8 heteroatoms. The van der Waals surface area contributed by atoms with Crippen LogP contribution < -0.4 is 13.9 Å². The lowest BCUT2D eigenvalue weighted by molar-refractivity contribution is 0.253. The fraction of sp³-hybridized carbons (Fsp3) is 0.136. The first-order valence-corrected chi connectivity index (χ1v) is 11.6. The first-order valence-electron chi connectivity index (χ1n) is 9.35. The zero-order valence-electron chi connectivity index (χ0n) is 16.2. The number of anilines is 2. The second-order valence-corrected chi connectivity index (χ2v) is 9.33. The van der Waals surface area contributed by atoms with E-state index in [1.165, 1.54) is 11.0 Å². The van der Waals surface area contributed by atoms with Gasteiger partial charge < -0.3 is 4.74 Å². The number of para-hydroxylation sites is 1. The van der Waals surface area contributed by atoms with E-state index in [-0.39, 0.29) is 17.1 Å². The van der Waals surface area contributed by atoms with Crippen LogP contribution in [0.15, 0.2) is 82.2 Å². The summed E-state index contributed by atoms with van der Waals surface area (Å²) >= 11 is 3.40. The molecule has 1 heterocycles. The zero-order valence-corrected chi connectivity index (χ0v) is 18.6. The van der Waals surface area contributed by atoms with Gasteiger partial charge in [0, 0.05) is 4.47 Å². The van der Waals surface area contributed by atoms with E-state index in [1.54, 1.807) is 42.5 Å². The lowest BCUT2D eigenvalue weighted by Crippen LogP contribution is -2.50. The second kappa shape index (κ2) is 8.12. The minimum absolute atomic E-state index is 0.0931. The zero-order chi connectivity index (χ0) is 21.3. The lowest BCUT2D eigenvalue weighted by Gasteiger charge is -2.36. The maximum absolute atomic E-state index is 13.4. The van der Waals surface area contributed by atoms with Crippen LogP contribution in [0.5, 0.6) is 5.75 Å². The Morgan fingerprint density at radius 3 is 2.27 bits per heavy atom. The van der Waals surface area contributed by atoms with Gasteiger partial charge in [-0.3, -0.25) is 4.90 Å². The number of rotatable bonds is 5. The highest BCUT2D eigenvalue weighted by Crippen LogP contribution is 2.38. The molecule has 1 aliphatic rings. The highest BCUT2D eigenvalue weighted by Gasteiger charge is 2.42. The molecule has 3 aromatic carbocycles. The molecular weight excluding hydrogens is 468 g/mol. The van der Waals surface area contributed by atoms with Crippen LogP contribution >= 0.6 is 15.9 Å². The standard InChI is InChI=1S/C22H19BrN2O4S/c1-2-29-19-13-11-18(12-14-19)25-22(26)24(15-16-7-9-17(23)10-8-16)20-5-3-4-6-21(20)30(25,27)28/h3-14H,2,15H2,1H3. The van der Waals surface area contributed by atoms with Gasteiger partial charge in [-0.25, -0.2) is 13.2 Å². The molecule has 0 unspecified atom stereocenters. The predicted octanol–water partition coefficient (Wildman–Crippen LogP) is 5.18. The predicted molar refractivity (Wildman–Crippen MR) is 119 cm³/mol. The van der Waals surface area contributed by atoms with Crippen LogP contribution in [0.3, 0.4) is 0 Å². The van der Waals surface area contributed by atoms with Crippen LogP contribution in [0.25, 0.3) is 0 Å². The molecule has 1 aliphatic heterocycles. The van der Waals surface area contributed by atoms with Gasteiger partial charge in [0.1, 0.15) is 10.6 Å². The van der Waals surface area contributed by atoms with Crippen molar-refractivity contribution in [3.63, 3.8) is 0 Å². The normalized spacial score (nSPS) is 15.1. The van der Waals surface area contributed by atoms with Gasteiger partial charge in [-0.1, -0.05) is 40.2 Å². The third kappa shape index (κ3) is 3.68. The van der Waals surface area contributed by atoms with Crippen molar-refractivity contribution in [3.05, 3.63) is 82.8 Å². The maximum atomic E-state index is 13.4. The van der Waals surface area contributed by atoms with E-state index in [2.05, 4.69) is 15.9 Å². The number of fused-ring (bicyclic) bond motifs is 1. The fourth-order valence-electron chi connectivity index (χ4n) is 3.33. The number of urea groups is 1. The Labute approximate surface area is 183 Å². The van der Waals surface area contributed by atoms with E-state index in [1.807, 2.05) is 31.2 Å². The molecule has 154 valence electrons. The monoisotopic (exact) mass is 486 g/mol. The molecule has 6 nitrogen and oxygen atoms in total. The molecule has 0 bridgehead atoms. The summed E-state index contributed by atoms with van der Waals surface area (Å²) in [5, 5.41) is 0. The molecule has 0 fully saturated rings. The maximum Gasteiger partial charge on any atom is 0.343 e. The Balaban J connectivity index is 1.79. The van der Waals surface area contributed by atoms with Gasteiger partial charge in [0.15, 0.2) is 0 Å². The molecule has 0 aliphatic carbocycles. The second-order valence-electron chi connectivity index (χ2n) is 6.66. The summed E-state index contributed by atoms with van der Waals surface area (Å²) in [5.74, 6) is 0.607. The number of nitrogens with zero attached hydrogens (tertiary/aromatic N) is 2. The molecule has 0 aromatic heterocycles. The van der Waals surface area contributed by atoms with E-state index in [9.17, 15) is 13.2 Å². The van der Waals surface area contributed by atoms with E-state index in [4.69, 9.17) is 4.74 Å². The highest BCUT2D eigenvalue weighted by molar-refractivity contribution is 9.10. The van der Waals surface area contributed by atoms with Crippen molar-refractivity contribution in [3.8, 4) is 5.75 Å². The number of hydrogen-bond acceptors (Lipinski definition) is 4. The van der Waals surface area contributed by atoms with Gasteiger partial charge in [0.05, 0.1) is 24.5 Å². The molecule has 0 N–H and O–H groups in total. The Morgan fingerprint density at radius 2 is 1.60 bits per heavy atom. The van der Waals surface area contributed by atoms with Gasteiger partial charge >= 0.3 is 6.03 Å². The lowest BCUT2D eigenvalue weighted by atomic mass is 10.2. The number of carbonyl (C=O) groups is 1. The molecular formula is C22H19BrN2O4S. The minimum Gasteiger partial charge on any atom is -0.494 e. The van der Waals surface area contributed by atoms with E-state index < -0.39 is 16.1 Å². The Kier molecular flexibility index (Phi) is 5.53. The summed E-state index contributed by atoms with van der Waals surface area (Å²) in [6, 6.07) is 19.9. The van der Waals surface area contributed by atoms with E-state index in [0.29, 0.717) is 18.0 Å². The smallest absolute Gasteiger partial charge is 0.343 e. The van der Waals surface area contributed by atoms with Crippen LogP contribution in [-0.4, -0.2) is 21.1 Å². The molecule has 4 rings (SSSR count). The average molecular weight is 487 g/mol.